The zero-order valence-corrected chi connectivity index (χ0v) is 28.3. The number of halogens is 5. The summed E-state index contributed by atoms with van der Waals surface area (Å²) < 4.78 is 64.2. The van der Waals surface area contributed by atoms with E-state index in [1.807, 2.05) is 0 Å². The lowest BCUT2D eigenvalue weighted by Crippen LogP contribution is -2.56. The number of benzene rings is 1. The second-order valence-corrected chi connectivity index (χ2v) is 11.7. The number of rotatable bonds is 7. The molecule has 4 aromatic rings. The monoisotopic (exact) mass is 722 g/mol. The van der Waals surface area contributed by atoms with Crippen LogP contribution in [0, 0.1) is 12.4 Å². The third-order valence-electron chi connectivity index (χ3n) is 8.25. The summed E-state index contributed by atoms with van der Waals surface area (Å²) in [5.41, 5.74) is 0.0967. The largest absolute Gasteiger partial charge is 0.462 e. The molecule has 0 radical (unpaired) electrons. The summed E-state index contributed by atoms with van der Waals surface area (Å²) in [5, 5.41) is 1.78. The van der Waals surface area contributed by atoms with Gasteiger partial charge < -0.3 is 19.4 Å². The highest BCUT2D eigenvalue weighted by Crippen LogP contribution is 2.37. The van der Waals surface area contributed by atoms with Crippen LogP contribution in [-0.4, -0.2) is 100 Å². The first-order valence-corrected chi connectivity index (χ1v) is 14.7. The van der Waals surface area contributed by atoms with Gasteiger partial charge in [-0.05, 0) is 13.1 Å². The number of alkyl halides is 2. The van der Waals surface area contributed by atoms with Gasteiger partial charge in [-0.1, -0.05) is 30.3 Å². The lowest BCUT2D eigenvalue weighted by Gasteiger charge is -2.39. The zero-order valence-electron chi connectivity index (χ0n) is 25.6. The van der Waals surface area contributed by atoms with Crippen LogP contribution in [0.25, 0.3) is 37.8 Å². The molecule has 2 saturated heterocycles. The van der Waals surface area contributed by atoms with Gasteiger partial charge in [0.1, 0.15) is 29.7 Å². The molecule has 3 aromatic heterocycles. The van der Waals surface area contributed by atoms with Gasteiger partial charge in [0, 0.05) is 72.0 Å². The number of carbonyl (C=O) groups is 1. The highest BCUT2D eigenvalue weighted by atomic mass is 35.5. The van der Waals surface area contributed by atoms with Gasteiger partial charge in [-0.15, -0.1) is 0 Å². The minimum absolute atomic E-state index is 0. The van der Waals surface area contributed by atoms with Gasteiger partial charge >= 0.3 is 6.01 Å². The molecule has 1 amide bonds. The summed E-state index contributed by atoms with van der Waals surface area (Å²) in [4.78, 5) is 37.8. The average molecular weight is 723 g/mol. The second kappa shape index (κ2) is 14.7. The molecule has 0 N–H and O–H groups in total. The van der Waals surface area contributed by atoms with Crippen LogP contribution >= 0.6 is 38.6 Å². The van der Waals surface area contributed by atoms with Crippen molar-refractivity contribution in [3.8, 4) is 17.3 Å². The number of anilines is 1. The third kappa shape index (κ3) is 7.09. The van der Waals surface area contributed by atoms with Crippen molar-refractivity contribution in [2.24, 2.45) is 0 Å². The first-order chi connectivity index (χ1) is 22.0. The van der Waals surface area contributed by atoms with E-state index in [1.54, 1.807) is 36.3 Å². The van der Waals surface area contributed by atoms with E-state index in [1.165, 1.54) is 22.2 Å². The van der Waals surface area contributed by atoms with E-state index in [0.29, 0.717) is 21.4 Å². The molecular weight excluding hydrogens is 692 g/mol. The molecule has 2 fully saturated rings. The fourth-order valence-electron chi connectivity index (χ4n) is 6.03. The molecule has 2 atom stereocenters. The molecule has 0 bridgehead atoms. The molecule has 10 nitrogen and oxygen atoms in total. The van der Waals surface area contributed by atoms with Crippen molar-refractivity contribution in [3.05, 3.63) is 71.5 Å². The predicted molar refractivity (Wildman–Crippen MR) is 185 cm³/mol. The molecule has 0 saturated carbocycles. The lowest BCUT2D eigenvalue weighted by molar-refractivity contribution is -0.131. The van der Waals surface area contributed by atoms with Crippen LogP contribution < -0.4 is 9.64 Å². The Kier molecular flexibility index (Phi) is 11.3. The molecule has 0 aliphatic carbocycles. The summed E-state index contributed by atoms with van der Waals surface area (Å²) in [6, 6.07) is 3.59. The van der Waals surface area contributed by atoms with Gasteiger partial charge in [-0.3, -0.25) is 19.7 Å². The number of hydrogen-bond donors (Lipinski definition) is 0. The van der Waals surface area contributed by atoms with E-state index in [2.05, 4.69) is 31.4 Å². The Hall–Kier alpha value is -3.91. The van der Waals surface area contributed by atoms with Gasteiger partial charge in [-0.25, -0.2) is 24.1 Å². The number of hydrogen-bond acceptors (Lipinski definition) is 8. The molecule has 5 heterocycles. The topological polar surface area (TPSA) is 91.9 Å². The van der Waals surface area contributed by atoms with Crippen LogP contribution in [0.4, 0.5) is 23.4 Å². The van der Waals surface area contributed by atoms with E-state index in [0.717, 1.165) is 0 Å². The van der Waals surface area contributed by atoms with E-state index in [9.17, 15) is 18.0 Å². The third-order valence-corrected chi connectivity index (χ3v) is 8.57. The number of likely N-dealkylation sites (tertiary alicyclic amines) is 1. The fourth-order valence-corrected chi connectivity index (χ4v) is 6.32. The Morgan fingerprint density at radius 3 is 2.65 bits per heavy atom. The van der Waals surface area contributed by atoms with E-state index < -0.39 is 48.5 Å². The number of pyridine rings is 2. The predicted octanol–water partition coefficient (Wildman–Crippen LogP) is 5.40. The summed E-state index contributed by atoms with van der Waals surface area (Å²) in [7, 11) is 1.56. The number of amides is 1. The second-order valence-electron chi connectivity index (χ2n) is 11.3. The van der Waals surface area contributed by atoms with E-state index in [-0.39, 0.29) is 88.2 Å². The van der Waals surface area contributed by atoms with Gasteiger partial charge in [-0.2, -0.15) is 37.0 Å². The van der Waals surface area contributed by atoms with Crippen LogP contribution in [0.15, 0.2) is 49.2 Å². The molecule has 0 unspecified atom stereocenters. The zero-order chi connectivity index (χ0) is 32.7. The number of likely N-dealkylation sites (N-methyl/N-ethyl adjacent to an activating group) is 1. The smallest absolute Gasteiger partial charge is 0.319 e. The molecule has 2 aliphatic heterocycles. The number of carbonyl (C=O) groups excluding carboxylic acids is 1. The molecular formula is C31H31ClF4N8O2S2. The lowest BCUT2D eigenvalue weighted by atomic mass is 10.0. The quantitative estimate of drug-likeness (QED) is 0.143. The maximum Gasteiger partial charge on any atom is 0.319 e. The average Bonchev–Trinajstić information content (AvgIpc) is 3.30. The molecule has 48 heavy (non-hydrogen) atoms. The van der Waals surface area contributed by atoms with Crippen molar-refractivity contribution < 1.29 is 27.1 Å². The van der Waals surface area contributed by atoms with Gasteiger partial charge in [0.2, 0.25) is 6.54 Å². The molecule has 6 rings (SSSR count). The van der Waals surface area contributed by atoms with Gasteiger partial charge in [0.15, 0.2) is 11.6 Å². The summed E-state index contributed by atoms with van der Waals surface area (Å²) in [6.07, 6.45) is 4.03. The fraction of sp³-hybridized carbons (Fsp3) is 0.355. The maximum absolute atomic E-state index is 16.6. The molecule has 0 spiro atoms. The molecule has 2 aliphatic rings. The Balaban J connectivity index is 0.00000260. The first-order valence-electron chi connectivity index (χ1n) is 14.3. The number of ether oxygens (including phenoxy) is 1. The number of nitrogens with zero attached hydrogens (tertiary/aromatic N) is 8. The standard InChI is InChI=1S/C31H27ClF4N8O2.2H2S/c1-17(33)29(45)44-8-7-43(14-20(44)11-37-2)28-22-13-39-26(21-12-38-10-18-5-4-6-23(32)24(18)21)25(34)27(22)40-30(41-28)46-15-19-9-31(35,36)16-42(19)3;;/h4-6,10,12-13,19-20H,1,7-9,11,14-16H2,3H3;2*1H2/t19-,20-;;/m0../s1. The minimum atomic E-state index is -2.88. The van der Waals surface area contributed by atoms with Crippen LogP contribution in [-0.2, 0) is 4.79 Å². The van der Waals surface area contributed by atoms with Gasteiger partial charge in [0.05, 0.1) is 11.9 Å². The number of aromatic nitrogens is 4. The molecule has 1 aromatic carbocycles. The Morgan fingerprint density at radius 2 is 1.96 bits per heavy atom. The van der Waals surface area contributed by atoms with Crippen LogP contribution in [0.5, 0.6) is 6.01 Å². The van der Waals surface area contributed by atoms with Crippen molar-refractivity contribution in [3.63, 3.8) is 0 Å². The van der Waals surface area contributed by atoms with Crippen molar-refractivity contribution in [2.45, 2.75) is 24.4 Å². The highest BCUT2D eigenvalue weighted by Gasteiger charge is 2.43. The van der Waals surface area contributed by atoms with Crippen molar-refractivity contribution in [1.29, 1.82) is 0 Å². The summed E-state index contributed by atoms with van der Waals surface area (Å²) >= 11 is 6.50. The van der Waals surface area contributed by atoms with E-state index in [4.69, 9.17) is 22.9 Å². The Bertz CT molecular complexity index is 1910. The van der Waals surface area contributed by atoms with Crippen LogP contribution in [0.3, 0.4) is 0 Å². The first kappa shape index (κ1) is 36.9. The summed E-state index contributed by atoms with van der Waals surface area (Å²) in [6.45, 7) is 9.95. The molecule has 254 valence electrons. The van der Waals surface area contributed by atoms with Crippen molar-refractivity contribution in [2.75, 3.05) is 51.3 Å². The molecule has 17 heteroatoms. The van der Waals surface area contributed by atoms with Crippen LogP contribution in [0.2, 0.25) is 5.02 Å². The van der Waals surface area contributed by atoms with Gasteiger partial charge in [0.25, 0.3) is 11.8 Å². The highest BCUT2D eigenvalue weighted by molar-refractivity contribution is 7.59. The minimum Gasteiger partial charge on any atom is -0.462 e. The Labute approximate surface area is 292 Å². The van der Waals surface area contributed by atoms with Crippen molar-refractivity contribution >= 4 is 72.0 Å². The summed E-state index contributed by atoms with van der Waals surface area (Å²) in [5.74, 6) is -5.56. The van der Waals surface area contributed by atoms with Crippen LogP contribution in [0.1, 0.15) is 6.42 Å². The number of fused-ring (bicyclic) bond motifs is 2. The SMILES string of the molecule is S.S.[C-]#[N+]C[C@H]1CN(c2nc(OC[C@@H]3CC(F)(F)CN3C)nc3c(F)c(-c4cncc5cccc(Cl)c45)ncc23)CCN1C(=O)C(=C)F. The van der Waals surface area contributed by atoms with Crippen molar-refractivity contribution in [1.82, 2.24) is 29.7 Å². The maximum atomic E-state index is 16.6. The van der Waals surface area contributed by atoms with E-state index >= 15 is 4.39 Å². The normalized spacial score (nSPS) is 19.0. The number of piperazine rings is 1. The Morgan fingerprint density at radius 1 is 1.19 bits per heavy atom.